The molecule has 0 saturated heterocycles. The van der Waals surface area contributed by atoms with E-state index in [1.54, 1.807) is 0 Å². The number of aryl methyl sites for hydroxylation is 1. The van der Waals surface area contributed by atoms with Gasteiger partial charge in [0.05, 0.1) is 4.88 Å². The molecule has 1 aromatic carbocycles. The first kappa shape index (κ1) is 17.3. The molecule has 0 aliphatic rings. The molecule has 0 spiro atoms. The molecular weight excluding hydrogens is 300 g/mol. The molecule has 0 nitrogen and oxygen atoms in total. The Labute approximate surface area is 141 Å². The van der Waals surface area contributed by atoms with Crippen LogP contribution in [0.2, 0.25) is 16.6 Å². The predicted octanol–water partition coefficient (Wildman–Crippen LogP) is 6.78. The summed E-state index contributed by atoms with van der Waals surface area (Å²) in [5.41, 5.74) is 7.27. The summed E-state index contributed by atoms with van der Waals surface area (Å²) < 4.78 is 1.36. The van der Waals surface area contributed by atoms with Gasteiger partial charge in [0.1, 0.15) is 8.07 Å². The summed E-state index contributed by atoms with van der Waals surface area (Å²) in [4.78, 5) is 1.26. The number of hydrogen-bond acceptors (Lipinski definition) is 1. The van der Waals surface area contributed by atoms with E-state index in [0.29, 0.717) is 16.6 Å². The monoisotopic (exact) mass is 328 g/mol. The van der Waals surface area contributed by atoms with Crippen molar-refractivity contribution in [2.75, 3.05) is 0 Å². The van der Waals surface area contributed by atoms with Gasteiger partial charge in [0.2, 0.25) is 0 Å². The number of hydrogen-bond donors (Lipinski definition) is 0. The lowest BCUT2D eigenvalue weighted by Crippen LogP contribution is -2.43. The van der Waals surface area contributed by atoms with Crippen molar-refractivity contribution < 1.29 is 0 Å². The molecule has 2 heteroatoms. The zero-order valence-corrected chi connectivity index (χ0v) is 16.8. The minimum Gasteiger partial charge on any atom is -0.126 e. The van der Waals surface area contributed by atoms with Gasteiger partial charge in [-0.2, -0.15) is 0 Å². The molecule has 118 valence electrons. The van der Waals surface area contributed by atoms with E-state index >= 15 is 0 Å². The van der Waals surface area contributed by atoms with Crippen molar-refractivity contribution in [1.82, 2.24) is 0 Å². The molecule has 22 heavy (non-hydrogen) atoms. The normalized spacial score (nSPS) is 12.3. The first-order valence-electron chi connectivity index (χ1n) is 8.32. The lowest BCUT2D eigenvalue weighted by atomic mass is 10.1. The van der Waals surface area contributed by atoms with Crippen LogP contribution >= 0.6 is 11.3 Å². The third-order valence-corrected chi connectivity index (χ3v) is 12.6. The summed E-state index contributed by atoms with van der Waals surface area (Å²) in [5, 5.41) is 1.36. The minimum absolute atomic E-state index is 0.690. The van der Waals surface area contributed by atoms with Crippen LogP contribution in [0.3, 0.4) is 0 Å². The maximum atomic E-state index is 3.85. The molecular formula is C20H28SSi. The van der Waals surface area contributed by atoms with Crippen molar-refractivity contribution >= 4 is 29.5 Å². The summed E-state index contributed by atoms with van der Waals surface area (Å²) >= 11 is 1.85. The van der Waals surface area contributed by atoms with Crippen LogP contribution in [-0.2, 0) is 0 Å². The van der Waals surface area contributed by atoms with Gasteiger partial charge in [0, 0.05) is 4.70 Å². The highest BCUT2D eigenvalue weighted by atomic mass is 32.1. The number of thiophene rings is 1. The van der Waals surface area contributed by atoms with E-state index in [9.17, 15) is 0 Å². The first-order valence-corrected chi connectivity index (χ1v) is 11.4. The van der Waals surface area contributed by atoms with E-state index in [-0.39, 0.29) is 0 Å². The van der Waals surface area contributed by atoms with Gasteiger partial charge in [0.25, 0.3) is 0 Å². The fraction of sp³-hybridized carbons (Fsp3) is 0.500. The van der Waals surface area contributed by atoms with Gasteiger partial charge >= 0.3 is 0 Å². The van der Waals surface area contributed by atoms with Crippen molar-refractivity contribution in [3.8, 4) is 11.5 Å². The van der Waals surface area contributed by atoms with Gasteiger partial charge in [-0.25, -0.2) is 0 Å². The van der Waals surface area contributed by atoms with Crippen LogP contribution in [0, 0.1) is 18.4 Å². The molecule has 0 saturated carbocycles. The third-order valence-electron chi connectivity index (χ3n) is 5.10. The van der Waals surface area contributed by atoms with E-state index < -0.39 is 8.07 Å². The molecule has 0 atom stereocenters. The SMILES string of the molecule is Cc1c(C#C[Si](C(C)C)(C(C)C)C(C)C)sc2ccccc12. The van der Waals surface area contributed by atoms with Crippen molar-refractivity contribution in [3.63, 3.8) is 0 Å². The standard InChI is InChI=1S/C20H28SSi/c1-14(2)22(15(3)4,16(5)6)13-12-19-17(7)18-10-8-9-11-20(18)21-19/h8-11,14-16H,1-7H3. The van der Waals surface area contributed by atoms with Gasteiger partial charge in [-0.1, -0.05) is 65.7 Å². The zero-order chi connectivity index (χ0) is 16.5. The molecule has 0 bridgehead atoms. The Kier molecular flexibility index (Phi) is 5.20. The summed E-state index contributed by atoms with van der Waals surface area (Å²) in [6.45, 7) is 16.5. The molecule has 2 rings (SSSR count). The molecule has 1 heterocycles. The maximum Gasteiger partial charge on any atom is 0.146 e. The van der Waals surface area contributed by atoms with Gasteiger partial charge in [0.15, 0.2) is 0 Å². The lowest BCUT2D eigenvalue weighted by molar-refractivity contribution is 0.838. The summed E-state index contributed by atoms with van der Waals surface area (Å²) in [6, 6.07) is 8.65. The van der Waals surface area contributed by atoms with Crippen LogP contribution in [-0.4, -0.2) is 8.07 Å². The largest absolute Gasteiger partial charge is 0.146 e. The maximum absolute atomic E-state index is 3.85. The van der Waals surface area contributed by atoms with E-state index in [1.165, 1.54) is 20.5 Å². The summed E-state index contributed by atoms with van der Waals surface area (Å²) in [7, 11) is -1.64. The highest BCUT2D eigenvalue weighted by molar-refractivity contribution is 7.19. The van der Waals surface area contributed by atoms with Gasteiger partial charge in [-0.3, -0.25) is 0 Å². The minimum atomic E-state index is -1.64. The molecule has 1 aromatic heterocycles. The second-order valence-corrected chi connectivity index (χ2v) is 13.8. The van der Waals surface area contributed by atoms with Crippen LogP contribution in [0.25, 0.3) is 10.1 Å². The van der Waals surface area contributed by atoms with Crippen molar-refractivity contribution in [2.45, 2.75) is 65.1 Å². The number of benzene rings is 1. The number of fused-ring (bicyclic) bond motifs is 1. The Balaban J connectivity index is 2.55. The Hall–Kier alpha value is -1.04. The summed E-state index contributed by atoms with van der Waals surface area (Å²) in [6.07, 6.45) is 0. The molecule has 0 fully saturated rings. The van der Waals surface area contributed by atoms with Crippen molar-refractivity contribution in [1.29, 1.82) is 0 Å². The Bertz CT molecular complexity index is 688. The smallest absolute Gasteiger partial charge is 0.126 e. The lowest BCUT2D eigenvalue weighted by Gasteiger charge is -2.38. The van der Waals surface area contributed by atoms with E-state index in [0.717, 1.165) is 0 Å². The Morgan fingerprint density at radius 2 is 1.45 bits per heavy atom. The fourth-order valence-electron chi connectivity index (χ4n) is 3.89. The topological polar surface area (TPSA) is 0 Å². The van der Waals surface area contributed by atoms with Crippen molar-refractivity contribution in [2.24, 2.45) is 0 Å². The second kappa shape index (κ2) is 6.60. The van der Waals surface area contributed by atoms with Gasteiger partial charge in [-0.05, 0) is 40.6 Å². The average molecular weight is 329 g/mol. The van der Waals surface area contributed by atoms with E-state index in [4.69, 9.17) is 0 Å². The first-order chi connectivity index (χ1) is 10.3. The van der Waals surface area contributed by atoms with Crippen LogP contribution in [0.1, 0.15) is 52.0 Å². The molecule has 2 aromatic rings. The van der Waals surface area contributed by atoms with Crippen molar-refractivity contribution in [3.05, 3.63) is 34.7 Å². The van der Waals surface area contributed by atoms with E-state index in [2.05, 4.69) is 84.2 Å². The molecule has 0 aliphatic heterocycles. The summed E-state index contributed by atoms with van der Waals surface area (Å²) in [5.74, 6) is 3.62. The van der Waals surface area contributed by atoms with E-state index in [1.807, 2.05) is 11.3 Å². The molecule has 0 aliphatic carbocycles. The highest BCUT2D eigenvalue weighted by Gasteiger charge is 2.41. The Morgan fingerprint density at radius 3 is 1.95 bits per heavy atom. The quantitative estimate of drug-likeness (QED) is 0.430. The van der Waals surface area contributed by atoms with Gasteiger partial charge < -0.3 is 0 Å². The third kappa shape index (κ3) is 2.89. The predicted molar refractivity (Wildman–Crippen MR) is 104 cm³/mol. The fourth-order valence-corrected chi connectivity index (χ4v) is 10.3. The molecule has 0 N–H and O–H groups in total. The second-order valence-electron chi connectivity index (χ2n) is 7.20. The molecule has 0 amide bonds. The van der Waals surface area contributed by atoms with Gasteiger partial charge in [-0.15, -0.1) is 16.9 Å². The number of rotatable bonds is 3. The highest BCUT2D eigenvalue weighted by Crippen LogP contribution is 2.41. The van der Waals surface area contributed by atoms with Crippen LogP contribution in [0.15, 0.2) is 24.3 Å². The molecule has 0 radical (unpaired) electrons. The molecule has 0 unspecified atom stereocenters. The van der Waals surface area contributed by atoms with Crippen LogP contribution in [0.4, 0.5) is 0 Å². The van der Waals surface area contributed by atoms with Crippen LogP contribution in [0.5, 0.6) is 0 Å². The van der Waals surface area contributed by atoms with Crippen LogP contribution < -0.4 is 0 Å². The Morgan fingerprint density at radius 1 is 0.909 bits per heavy atom. The zero-order valence-electron chi connectivity index (χ0n) is 14.9. The average Bonchev–Trinajstić information content (AvgIpc) is 2.76.